The molecule has 39 heavy (non-hydrogen) atoms. The first-order chi connectivity index (χ1) is 18.9. The molecular formula is C31H39N5O3. The summed E-state index contributed by atoms with van der Waals surface area (Å²) < 4.78 is 5.78. The number of nitrogens with zero attached hydrogens (tertiary/aromatic N) is 2. The number of carbonyl (C=O) groups is 2. The lowest BCUT2D eigenvalue weighted by molar-refractivity contribution is -0.123. The molecule has 2 amide bonds. The number of hydrogen-bond donors (Lipinski definition) is 3. The quantitative estimate of drug-likeness (QED) is 0.194. The van der Waals surface area contributed by atoms with E-state index in [2.05, 4.69) is 17.4 Å². The number of rotatable bonds is 11. The zero-order valence-electron chi connectivity index (χ0n) is 22.6. The maximum atomic E-state index is 13.4. The first kappa shape index (κ1) is 28.4. The molecule has 0 radical (unpaired) electrons. The highest BCUT2D eigenvalue weighted by atomic mass is 16.5. The van der Waals surface area contributed by atoms with E-state index in [4.69, 9.17) is 16.3 Å². The molecule has 1 saturated carbocycles. The topological polar surface area (TPSA) is 114 Å². The van der Waals surface area contributed by atoms with Crippen LogP contribution in [0.25, 0.3) is 0 Å². The van der Waals surface area contributed by atoms with Crippen LogP contribution in [0.3, 0.4) is 0 Å². The summed E-state index contributed by atoms with van der Waals surface area (Å²) in [7, 11) is 1.57. The Morgan fingerprint density at radius 3 is 2.23 bits per heavy atom. The van der Waals surface area contributed by atoms with Crippen LogP contribution < -0.4 is 21.8 Å². The summed E-state index contributed by atoms with van der Waals surface area (Å²) in [6, 6.07) is 25.3. The number of carbonyl (C=O) groups excluding carboxylic acids is 2. The molecular weight excluding hydrogens is 490 g/mol. The second-order valence-corrected chi connectivity index (χ2v) is 10.2. The molecule has 8 nitrogen and oxygen atoms in total. The number of benzene rings is 3. The van der Waals surface area contributed by atoms with Gasteiger partial charge in [0.05, 0.1) is 13.2 Å². The summed E-state index contributed by atoms with van der Waals surface area (Å²) in [6.07, 6.45) is 5.52. The highest BCUT2D eigenvalue weighted by molar-refractivity contribution is 5.95. The molecule has 1 atom stereocenters. The van der Waals surface area contributed by atoms with Crippen molar-refractivity contribution in [2.75, 3.05) is 18.6 Å². The number of ether oxygens (including phenoxy) is 1. The van der Waals surface area contributed by atoms with Crippen molar-refractivity contribution in [3.63, 3.8) is 0 Å². The van der Waals surface area contributed by atoms with Crippen LogP contribution in [0.4, 0.5) is 5.69 Å². The Bertz CT molecular complexity index is 1190. The second-order valence-electron chi connectivity index (χ2n) is 10.2. The Morgan fingerprint density at radius 2 is 1.59 bits per heavy atom. The molecule has 1 unspecified atom stereocenters. The normalized spacial score (nSPS) is 14.7. The van der Waals surface area contributed by atoms with Crippen molar-refractivity contribution in [1.82, 2.24) is 10.3 Å². The summed E-state index contributed by atoms with van der Waals surface area (Å²) >= 11 is 0. The van der Waals surface area contributed by atoms with E-state index in [9.17, 15) is 9.59 Å². The summed E-state index contributed by atoms with van der Waals surface area (Å²) in [4.78, 5) is 27.6. The highest BCUT2D eigenvalue weighted by Crippen LogP contribution is 2.33. The summed E-state index contributed by atoms with van der Waals surface area (Å²) in [6.45, 7) is 0.679. The van der Waals surface area contributed by atoms with Crippen LogP contribution >= 0.6 is 0 Å². The molecule has 1 aliphatic carbocycles. The number of amides is 2. The molecule has 206 valence electrons. The van der Waals surface area contributed by atoms with Gasteiger partial charge in [0, 0.05) is 18.3 Å². The SMILES string of the molecule is CN(N)C(N)NC(=O)c1ccc(CN(C(=O)COCc2ccccc2)c2ccc(C3CCCCC3)cc2)cc1. The molecule has 3 aromatic carbocycles. The predicted molar refractivity (Wildman–Crippen MR) is 153 cm³/mol. The first-order valence-electron chi connectivity index (χ1n) is 13.6. The van der Waals surface area contributed by atoms with Gasteiger partial charge in [-0.1, -0.05) is 73.9 Å². The van der Waals surface area contributed by atoms with Crippen molar-refractivity contribution in [3.05, 3.63) is 101 Å². The monoisotopic (exact) mass is 529 g/mol. The average molecular weight is 530 g/mol. The zero-order valence-corrected chi connectivity index (χ0v) is 22.6. The van der Waals surface area contributed by atoms with E-state index in [1.165, 1.54) is 42.7 Å². The van der Waals surface area contributed by atoms with E-state index in [-0.39, 0.29) is 18.4 Å². The maximum Gasteiger partial charge on any atom is 0.253 e. The Balaban J connectivity index is 1.47. The minimum absolute atomic E-state index is 0.0374. The van der Waals surface area contributed by atoms with E-state index < -0.39 is 6.29 Å². The smallest absolute Gasteiger partial charge is 0.253 e. The third-order valence-corrected chi connectivity index (χ3v) is 7.19. The molecule has 8 heteroatoms. The Hall–Kier alpha value is -3.56. The van der Waals surface area contributed by atoms with E-state index >= 15 is 0 Å². The van der Waals surface area contributed by atoms with E-state index in [1.54, 1.807) is 24.1 Å². The Kier molecular flexibility index (Phi) is 10.2. The van der Waals surface area contributed by atoms with Gasteiger partial charge in [0.25, 0.3) is 11.8 Å². The van der Waals surface area contributed by atoms with E-state index in [0.717, 1.165) is 16.8 Å². The van der Waals surface area contributed by atoms with Crippen molar-refractivity contribution >= 4 is 17.5 Å². The standard InChI is InChI=1S/C31H39N5O3/c1-35(33)31(32)34-30(38)27-14-12-23(13-15-27)20-36(29(37)22-39-21-24-8-4-2-5-9-24)28-18-16-26(17-19-28)25-10-6-3-7-11-25/h2,4-5,8-9,12-19,25,31H,3,6-7,10-11,20-22,32-33H2,1H3,(H,34,38). The third-order valence-electron chi connectivity index (χ3n) is 7.19. The Labute approximate surface area is 230 Å². The number of hydrazine groups is 1. The molecule has 0 saturated heterocycles. The fraction of sp³-hybridized carbons (Fsp3) is 0.355. The largest absolute Gasteiger partial charge is 0.367 e. The number of nitrogens with one attached hydrogen (secondary N) is 1. The van der Waals surface area contributed by atoms with Crippen LogP contribution in [0, 0.1) is 0 Å². The van der Waals surface area contributed by atoms with Crippen molar-refractivity contribution in [3.8, 4) is 0 Å². The third kappa shape index (κ3) is 8.21. The summed E-state index contributed by atoms with van der Waals surface area (Å²) in [5, 5.41) is 3.84. The molecule has 1 fully saturated rings. The maximum absolute atomic E-state index is 13.4. The fourth-order valence-electron chi connectivity index (χ4n) is 4.86. The average Bonchev–Trinajstić information content (AvgIpc) is 2.97. The predicted octanol–water partition coefficient (Wildman–Crippen LogP) is 4.26. The van der Waals surface area contributed by atoms with Crippen LogP contribution in [0.1, 0.15) is 65.1 Å². The van der Waals surface area contributed by atoms with Crippen molar-refractivity contribution < 1.29 is 14.3 Å². The van der Waals surface area contributed by atoms with Gasteiger partial charge in [0.2, 0.25) is 0 Å². The van der Waals surface area contributed by atoms with Gasteiger partial charge >= 0.3 is 0 Å². The number of hydrogen-bond acceptors (Lipinski definition) is 6. The molecule has 4 rings (SSSR count). The fourth-order valence-corrected chi connectivity index (χ4v) is 4.86. The molecule has 1 aliphatic rings. The van der Waals surface area contributed by atoms with Gasteiger partial charge < -0.3 is 15.0 Å². The van der Waals surface area contributed by atoms with Gasteiger partial charge in [0.1, 0.15) is 12.9 Å². The minimum Gasteiger partial charge on any atom is -0.367 e. The molecule has 0 bridgehead atoms. The van der Waals surface area contributed by atoms with Gasteiger partial charge in [-0.15, -0.1) is 0 Å². The molecule has 0 spiro atoms. The van der Waals surface area contributed by atoms with Crippen LogP contribution in [0.2, 0.25) is 0 Å². The lowest BCUT2D eigenvalue weighted by Gasteiger charge is -2.25. The van der Waals surface area contributed by atoms with Crippen LogP contribution in [0.5, 0.6) is 0 Å². The van der Waals surface area contributed by atoms with E-state index in [1.807, 2.05) is 54.6 Å². The lowest BCUT2D eigenvalue weighted by Crippen LogP contribution is -2.55. The molecule has 0 heterocycles. The Morgan fingerprint density at radius 1 is 0.923 bits per heavy atom. The minimum atomic E-state index is -0.794. The van der Waals surface area contributed by atoms with Gasteiger partial charge in [-0.25, -0.2) is 5.01 Å². The van der Waals surface area contributed by atoms with Crippen molar-refractivity contribution in [2.45, 2.75) is 57.5 Å². The van der Waals surface area contributed by atoms with Crippen LogP contribution in [-0.4, -0.2) is 36.8 Å². The lowest BCUT2D eigenvalue weighted by atomic mass is 9.84. The van der Waals surface area contributed by atoms with Gasteiger partial charge in [-0.05, 0) is 59.7 Å². The van der Waals surface area contributed by atoms with Crippen LogP contribution in [-0.2, 0) is 22.7 Å². The highest BCUT2D eigenvalue weighted by Gasteiger charge is 2.20. The number of nitrogens with two attached hydrogens (primary N) is 2. The molecule has 0 aromatic heterocycles. The summed E-state index contributed by atoms with van der Waals surface area (Å²) in [5.41, 5.74) is 10.3. The van der Waals surface area contributed by atoms with E-state index in [0.29, 0.717) is 24.6 Å². The molecule has 5 N–H and O–H groups in total. The number of anilines is 1. The van der Waals surface area contributed by atoms with Crippen molar-refractivity contribution in [1.29, 1.82) is 0 Å². The summed E-state index contributed by atoms with van der Waals surface area (Å²) in [5.74, 6) is 5.73. The first-order valence-corrected chi connectivity index (χ1v) is 13.6. The van der Waals surface area contributed by atoms with Crippen molar-refractivity contribution in [2.24, 2.45) is 11.6 Å². The van der Waals surface area contributed by atoms with Gasteiger partial charge in [0.15, 0.2) is 0 Å². The van der Waals surface area contributed by atoms with Gasteiger partial charge in [-0.3, -0.25) is 21.2 Å². The zero-order chi connectivity index (χ0) is 27.6. The van der Waals surface area contributed by atoms with Crippen LogP contribution in [0.15, 0.2) is 78.9 Å². The second kappa shape index (κ2) is 14.0. The molecule has 3 aromatic rings. The molecule has 0 aliphatic heterocycles. The van der Waals surface area contributed by atoms with Gasteiger partial charge in [-0.2, -0.15) is 0 Å².